The second-order valence-corrected chi connectivity index (χ2v) is 5.41. The van der Waals surface area contributed by atoms with Crippen LogP contribution in [0, 0.1) is 11.7 Å². The van der Waals surface area contributed by atoms with Gasteiger partial charge in [0.2, 0.25) is 5.89 Å². The third-order valence-corrected chi connectivity index (χ3v) is 3.09. The number of aromatic nitrogens is 2. The summed E-state index contributed by atoms with van der Waals surface area (Å²) in [5.74, 6) is 1.11. The Hall–Kier alpha value is -1.46. The summed E-state index contributed by atoms with van der Waals surface area (Å²) in [6, 6.07) is 4.58. The molecule has 0 bridgehead atoms. The summed E-state index contributed by atoms with van der Waals surface area (Å²) in [5, 5.41) is 7.41. The maximum absolute atomic E-state index is 13.7. The molecule has 2 aromatic rings. The third-order valence-electron chi connectivity index (χ3n) is 2.74. The highest BCUT2D eigenvalue weighted by molar-refractivity contribution is 6.31. The van der Waals surface area contributed by atoms with Crippen molar-refractivity contribution in [2.45, 2.75) is 26.8 Å². The van der Waals surface area contributed by atoms with Gasteiger partial charge in [0.15, 0.2) is 5.82 Å². The van der Waals surface area contributed by atoms with Crippen molar-refractivity contribution in [1.82, 2.24) is 15.5 Å². The van der Waals surface area contributed by atoms with Crippen molar-refractivity contribution in [3.63, 3.8) is 0 Å². The Morgan fingerprint density at radius 1 is 1.40 bits per heavy atom. The molecule has 1 heterocycles. The predicted octanol–water partition coefficient (Wildman–Crippen LogP) is 3.20. The van der Waals surface area contributed by atoms with Gasteiger partial charge in [-0.05, 0) is 24.6 Å². The molecule has 4 nitrogen and oxygen atoms in total. The van der Waals surface area contributed by atoms with Crippen molar-refractivity contribution in [1.29, 1.82) is 0 Å². The number of hydrogen-bond donors (Lipinski definition) is 1. The minimum Gasteiger partial charge on any atom is -0.338 e. The second kappa shape index (κ2) is 6.81. The van der Waals surface area contributed by atoms with E-state index in [0.717, 1.165) is 6.54 Å². The van der Waals surface area contributed by atoms with Crippen molar-refractivity contribution in [2.75, 3.05) is 6.54 Å². The van der Waals surface area contributed by atoms with Gasteiger partial charge in [0.25, 0.3) is 0 Å². The molecule has 1 N–H and O–H groups in total. The monoisotopic (exact) mass is 297 g/mol. The van der Waals surface area contributed by atoms with Crippen LogP contribution in [0.25, 0.3) is 0 Å². The number of benzene rings is 1. The molecular weight excluding hydrogens is 281 g/mol. The number of nitrogens with zero attached hydrogens (tertiary/aromatic N) is 2. The summed E-state index contributed by atoms with van der Waals surface area (Å²) in [5.41, 5.74) is 0.386. The zero-order valence-electron chi connectivity index (χ0n) is 11.5. The molecule has 0 saturated carbocycles. The van der Waals surface area contributed by atoms with Gasteiger partial charge in [-0.3, -0.25) is 0 Å². The first-order chi connectivity index (χ1) is 9.56. The first-order valence-corrected chi connectivity index (χ1v) is 6.89. The highest BCUT2D eigenvalue weighted by Crippen LogP contribution is 2.21. The fourth-order valence-corrected chi connectivity index (χ4v) is 1.99. The van der Waals surface area contributed by atoms with Crippen molar-refractivity contribution in [2.24, 2.45) is 5.92 Å². The summed E-state index contributed by atoms with van der Waals surface area (Å²) in [7, 11) is 0. The van der Waals surface area contributed by atoms with Gasteiger partial charge in [0.05, 0.1) is 6.54 Å². The number of hydrogen-bond acceptors (Lipinski definition) is 4. The molecule has 0 atom stereocenters. The Morgan fingerprint density at radius 2 is 2.20 bits per heavy atom. The molecule has 0 radical (unpaired) electrons. The van der Waals surface area contributed by atoms with E-state index >= 15 is 0 Å². The molecule has 0 fully saturated rings. The SMILES string of the molecule is CC(C)CNCc1nc(Cc2c(F)cccc2Cl)no1. The van der Waals surface area contributed by atoms with Gasteiger partial charge in [-0.15, -0.1) is 0 Å². The molecule has 0 aliphatic rings. The van der Waals surface area contributed by atoms with E-state index in [4.69, 9.17) is 16.1 Å². The van der Waals surface area contributed by atoms with Gasteiger partial charge in [-0.1, -0.05) is 36.7 Å². The molecule has 0 amide bonds. The van der Waals surface area contributed by atoms with Gasteiger partial charge in [-0.2, -0.15) is 4.98 Å². The topological polar surface area (TPSA) is 51.0 Å². The van der Waals surface area contributed by atoms with Crippen LogP contribution in [-0.2, 0) is 13.0 Å². The fourth-order valence-electron chi connectivity index (χ4n) is 1.76. The normalized spacial score (nSPS) is 11.2. The molecule has 0 unspecified atom stereocenters. The quantitative estimate of drug-likeness (QED) is 0.889. The molecule has 1 aromatic heterocycles. The minimum absolute atomic E-state index is 0.221. The van der Waals surface area contributed by atoms with Crippen molar-refractivity contribution in [3.05, 3.63) is 46.3 Å². The summed E-state index contributed by atoms with van der Waals surface area (Å²) < 4.78 is 18.8. The maximum Gasteiger partial charge on any atom is 0.240 e. The van der Waals surface area contributed by atoms with Crippen molar-refractivity contribution < 1.29 is 8.91 Å². The highest BCUT2D eigenvalue weighted by atomic mass is 35.5. The lowest BCUT2D eigenvalue weighted by Crippen LogP contribution is -2.19. The maximum atomic E-state index is 13.7. The first-order valence-electron chi connectivity index (χ1n) is 6.51. The zero-order valence-corrected chi connectivity index (χ0v) is 12.2. The lowest BCUT2D eigenvalue weighted by Gasteiger charge is -2.03. The largest absolute Gasteiger partial charge is 0.338 e. The lowest BCUT2D eigenvalue weighted by molar-refractivity contribution is 0.360. The van der Waals surface area contributed by atoms with E-state index < -0.39 is 0 Å². The van der Waals surface area contributed by atoms with E-state index in [1.807, 2.05) is 0 Å². The number of nitrogens with one attached hydrogen (secondary N) is 1. The van der Waals surface area contributed by atoms with Crippen LogP contribution in [0.15, 0.2) is 22.7 Å². The van der Waals surface area contributed by atoms with Crippen molar-refractivity contribution >= 4 is 11.6 Å². The van der Waals surface area contributed by atoms with E-state index in [1.54, 1.807) is 12.1 Å². The standard InChI is InChI=1S/C14H17ClFN3O/c1-9(2)7-17-8-14-18-13(19-20-14)6-10-11(15)4-3-5-12(10)16/h3-5,9,17H,6-8H2,1-2H3. The molecule has 2 rings (SSSR count). The Balaban J connectivity index is 1.99. The van der Waals surface area contributed by atoms with Crippen LogP contribution in [0.4, 0.5) is 4.39 Å². The van der Waals surface area contributed by atoms with Gasteiger partial charge < -0.3 is 9.84 Å². The summed E-state index contributed by atoms with van der Waals surface area (Å²) in [6.45, 7) is 5.62. The minimum atomic E-state index is -0.359. The smallest absolute Gasteiger partial charge is 0.240 e. The molecule has 1 aromatic carbocycles. The molecule has 108 valence electrons. The average Bonchev–Trinajstić information content (AvgIpc) is 2.81. The van der Waals surface area contributed by atoms with E-state index in [0.29, 0.717) is 34.8 Å². The lowest BCUT2D eigenvalue weighted by atomic mass is 10.1. The Kier molecular flexibility index (Phi) is 5.09. The zero-order chi connectivity index (χ0) is 14.5. The van der Waals surface area contributed by atoms with Crippen LogP contribution in [0.5, 0.6) is 0 Å². The van der Waals surface area contributed by atoms with Crippen LogP contribution in [0.2, 0.25) is 5.02 Å². The number of halogens is 2. The van der Waals surface area contributed by atoms with Gasteiger partial charge >= 0.3 is 0 Å². The van der Waals surface area contributed by atoms with E-state index in [-0.39, 0.29) is 12.2 Å². The first kappa shape index (κ1) is 14.9. The summed E-state index contributed by atoms with van der Waals surface area (Å²) >= 11 is 5.97. The molecule has 0 aliphatic heterocycles. The second-order valence-electron chi connectivity index (χ2n) is 5.01. The number of rotatable bonds is 6. The Labute approximate surface area is 122 Å². The van der Waals surface area contributed by atoms with Gasteiger partial charge in [-0.25, -0.2) is 4.39 Å². The Morgan fingerprint density at radius 3 is 2.90 bits per heavy atom. The van der Waals surface area contributed by atoms with E-state index in [1.165, 1.54) is 6.07 Å². The van der Waals surface area contributed by atoms with Crippen LogP contribution in [0.3, 0.4) is 0 Å². The highest BCUT2D eigenvalue weighted by Gasteiger charge is 2.12. The Bertz CT molecular complexity index is 551. The van der Waals surface area contributed by atoms with Crippen LogP contribution >= 0.6 is 11.6 Å². The van der Waals surface area contributed by atoms with Crippen LogP contribution < -0.4 is 5.32 Å². The molecule has 0 aliphatic carbocycles. The summed E-state index contributed by atoms with van der Waals surface area (Å²) in [4.78, 5) is 4.22. The van der Waals surface area contributed by atoms with Crippen LogP contribution in [0.1, 0.15) is 31.1 Å². The summed E-state index contributed by atoms with van der Waals surface area (Å²) in [6.07, 6.45) is 0.221. The third kappa shape index (κ3) is 4.02. The van der Waals surface area contributed by atoms with Crippen molar-refractivity contribution in [3.8, 4) is 0 Å². The van der Waals surface area contributed by atoms with Crippen LogP contribution in [-0.4, -0.2) is 16.7 Å². The predicted molar refractivity (Wildman–Crippen MR) is 75.1 cm³/mol. The molecule has 6 heteroatoms. The fraction of sp³-hybridized carbons (Fsp3) is 0.429. The molecule has 0 spiro atoms. The van der Waals surface area contributed by atoms with Gasteiger partial charge in [0.1, 0.15) is 5.82 Å². The molecule has 20 heavy (non-hydrogen) atoms. The van der Waals surface area contributed by atoms with Gasteiger partial charge in [0, 0.05) is 17.0 Å². The molecule has 0 saturated heterocycles. The molecular formula is C14H17ClFN3O. The average molecular weight is 298 g/mol. The van der Waals surface area contributed by atoms with E-state index in [9.17, 15) is 4.39 Å². The van der Waals surface area contributed by atoms with E-state index in [2.05, 4.69) is 29.3 Å².